The zero-order valence-corrected chi connectivity index (χ0v) is 11.8. The molecule has 1 aliphatic rings. The lowest BCUT2D eigenvalue weighted by molar-refractivity contribution is -0.384. The van der Waals surface area contributed by atoms with Crippen LogP contribution in [0.15, 0.2) is 12.1 Å². The molecule has 0 unspecified atom stereocenters. The van der Waals surface area contributed by atoms with Crippen LogP contribution in [0.5, 0.6) is 5.88 Å². The van der Waals surface area contributed by atoms with Crippen LogP contribution >= 0.6 is 0 Å². The van der Waals surface area contributed by atoms with Gasteiger partial charge in [0.2, 0.25) is 11.7 Å². The summed E-state index contributed by atoms with van der Waals surface area (Å²) in [6.45, 7) is 0.714. The molecule has 1 aromatic rings. The summed E-state index contributed by atoms with van der Waals surface area (Å²) in [5.41, 5.74) is -0.00514. The quantitative estimate of drug-likeness (QED) is 0.638. The monoisotopic (exact) mass is 279 g/mol. The Morgan fingerprint density at radius 1 is 1.40 bits per heavy atom. The van der Waals surface area contributed by atoms with Crippen LogP contribution in [0.2, 0.25) is 0 Å². The maximum atomic E-state index is 11.0. The number of anilines is 1. The van der Waals surface area contributed by atoms with Gasteiger partial charge in [-0.2, -0.15) is 4.98 Å². The van der Waals surface area contributed by atoms with Crippen molar-refractivity contribution < 1.29 is 9.66 Å². The summed E-state index contributed by atoms with van der Waals surface area (Å²) in [5.74, 6) is 1.42. The number of nitrogens with one attached hydrogen (secondary N) is 1. The molecule has 6 heteroatoms. The molecule has 6 nitrogen and oxygen atoms in total. The SMILES string of the molecule is COc1ccc([N+](=O)[O-])c(NCCC2CCCCC2)n1. The van der Waals surface area contributed by atoms with Gasteiger partial charge in [-0.05, 0) is 12.3 Å². The van der Waals surface area contributed by atoms with Gasteiger partial charge in [-0.1, -0.05) is 32.1 Å². The predicted octanol–water partition coefficient (Wildman–Crippen LogP) is 3.38. The maximum Gasteiger partial charge on any atom is 0.311 e. The number of rotatable bonds is 6. The maximum absolute atomic E-state index is 11.0. The van der Waals surface area contributed by atoms with E-state index < -0.39 is 4.92 Å². The van der Waals surface area contributed by atoms with Gasteiger partial charge in [0.05, 0.1) is 12.0 Å². The summed E-state index contributed by atoms with van der Waals surface area (Å²) in [6.07, 6.45) is 7.54. The van der Waals surface area contributed by atoms with Crippen molar-refractivity contribution in [2.24, 2.45) is 5.92 Å². The van der Waals surface area contributed by atoms with Gasteiger partial charge in [-0.15, -0.1) is 0 Å². The van der Waals surface area contributed by atoms with Crippen molar-refractivity contribution in [3.05, 3.63) is 22.2 Å². The smallest absolute Gasteiger partial charge is 0.311 e. The number of pyridine rings is 1. The van der Waals surface area contributed by atoms with Crippen LogP contribution < -0.4 is 10.1 Å². The highest BCUT2D eigenvalue weighted by Crippen LogP contribution is 2.28. The lowest BCUT2D eigenvalue weighted by Gasteiger charge is -2.21. The molecule has 0 aliphatic heterocycles. The van der Waals surface area contributed by atoms with Crippen molar-refractivity contribution in [2.45, 2.75) is 38.5 Å². The first-order chi connectivity index (χ1) is 9.70. The van der Waals surface area contributed by atoms with Crippen molar-refractivity contribution in [3.8, 4) is 5.88 Å². The van der Waals surface area contributed by atoms with Gasteiger partial charge < -0.3 is 10.1 Å². The van der Waals surface area contributed by atoms with Gasteiger partial charge in [0.1, 0.15) is 0 Å². The number of ether oxygens (including phenoxy) is 1. The Kier molecular flexibility index (Phi) is 5.15. The lowest BCUT2D eigenvalue weighted by Crippen LogP contribution is -2.13. The van der Waals surface area contributed by atoms with Gasteiger partial charge >= 0.3 is 5.69 Å². The molecular weight excluding hydrogens is 258 g/mol. The van der Waals surface area contributed by atoms with E-state index in [1.807, 2.05) is 0 Å². The van der Waals surface area contributed by atoms with Crippen molar-refractivity contribution in [1.29, 1.82) is 0 Å². The zero-order valence-electron chi connectivity index (χ0n) is 11.8. The normalized spacial score (nSPS) is 15.8. The largest absolute Gasteiger partial charge is 0.481 e. The molecular formula is C14H21N3O3. The molecule has 1 heterocycles. The Morgan fingerprint density at radius 3 is 2.80 bits per heavy atom. The molecule has 1 aliphatic carbocycles. The fourth-order valence-electron chi connectivity index (χ4n) is 2.70. The average Bonchev–Trinajstić information content (AvgIpc) is 2.48. The first kappa shape index (κ1) is 14.6. The number of aromatic nitrogens is 1. The van der Waals surface area contributed by atoms with Gasteiger partial charge in [0, 0.05) is 18.7 Å². The van der Waals surface area contributed by atoms with Gasteiger partial charge in [0.15, 0.2) is 0 Å². The molecule has 1 fully saturated rings. The summed E-state index contributed by atoms with van der Waals surface area (Å²) in [7, 11) is 1.50. The number of nitro groups is 1. The average molecular weight is 279 g/mol. The molecule has 0 spiro atoms. The second kappa shape index (κ2) is 7.07. The van der Waals surface area contributed by atoms with Gasteiger partial charge in [-0.25, -0.2) is 0 Å². The molecule has 0 radical (unpaired) electrons. The third kappa shape index (κ3) is 3.82. The van der Waals surface area contributed by atoms with Crippen LogP contribution in [-0.4, -0.2) is 23.6 Å². The first-order valence-corrected chi connectivity index (χ1v) is 7.14. The summed E-state index contributed by atoms with van der Waals surface area (Å²) >= 11 is 0. The van der Waals surface area contributed by atoms with Crippen LogP contribution in [0, 0.1) is 16.0 Å². The molecule has 0 atom stereocenters. The van der Waals surface area contributed by atoms with E-state index in [-0.39, 0.29) is 5.69 Å². The van der Waals surface area contributed by atoms with Crippen molar-refractivity contribution in [3.63, 3.8) is 0 Å². The van der Waals surface area contributed by atoms with Crippen molar-refractivity contribution in [2.75, 3.05) is 19.0 Å². The van der Waals surface area contributed by atoms with Crippen LogP contribution in [0.3, 0.4) is 0 Å². The summed E-state index contributed by atoms with van der Waals surface area (Å²) in [6, 6.07) is 2.93. The Hall–Kier alpha value is -1.85. The molecule has 1 N–H and O–H groups in total. The Balaban J connectivity index is 1.94. The van der Waals surface area contributed by atoms with E-state index >= 15 is 0 Å². The first-order valence-electron chi connectivity index (χ1n) is 7.14. The second-order valence-electron chi connectivity index (χ2n) is 5.20. The van der Waals surface area contributed by atoms with E-state index in [2.05, 4.69) is 10.3 Å². The molecule has 0 aromatic carbocycles. The Morgan fingerprint density at radius 2 is 2.15 bits per heavy atom. The van der Waals surface area contributed by atoms with Crippen molar-refractivity contribution in [1.82, 2.24) is 4.98 Å². The molecule has 1 aromatic heterocycles. The number of hydrogen-bond donors (Lipinski definition) is 1. The summed E-state index contributed by atoms with van der Waals surface area (Å²) in [4.78, 5) is 14.7. The molecule has 0 saturated heterocycles. The summed E-state index contributed by atoms with van der Waals surface area (Å²) in [5, 5.41) is 14.1. The Labute approximate surface area is 118 Å². The highest BCUT2D eigenvalue weighted by molar-refractivity contribution is 5.56. The fourth-order valence-corrected chi connectivity index (χ4v) is 2.70. The molecule has 110 valence electrons. The summed E-state index contributed by atoms with van der Waals surface area (Å²) < 4.78 is 5.01. The van der Waals surface area contributed by atoms with E-state index in [0.29, 0.717) is 18.2 Å². The molecule has 1 saturated carbocycles. The highest BCUT2D eigenvalue weighted by Gasteiger charge is 2.17. The fraction of sp³-hybridized carbons (Fsp3) is 0.643. The minimum Gasteiger partial charge on any atom is -0.481 e. The number of hydrogen-bond acceptors (Lipinski definition) is 5. The Bertz CT molecular complexity index is 459. The molecule has 20 heavy (non-hydrogen) atoms. The molecule has 0 amide bonds. The van der Waals surface area contributed by atoms with Crippen LogP contribution in [0.4, 0.5) is 11.5 Å². The minimum atomic E-state index is -0.421. The van der Waals surface area contributed by atoms with E-state index in [1.165, 1.54) is 51.3 Å². The lowest BCUT2D eigenvalue weighted by atomic mass is 9.87. The predicted molar refractivity (Wildman–Crippen MR) is 77.1 cm³/mol. The van der Waals surface area contributed by atoms with Crippen molar-refractivity contribution >= 4 is 11.5 Å². The third-order valence-corrected chi connectivity index (χ3v) is 3.82. The number of methoxy groups -OCH3 is 1. The minimum absolute atomic E-state index is 0.00514. The second-order valence-corrected chi connectivity index (χ2v) is 5.20. The third-order valence-electron chi connectivity index (χ3n) is 3.82. The highest BCUT2D eigenvalue weighted by atomic mass is 16.6. The topological polar surface area (TPSA) is 77.3 Å². The molecule has 2 rings (SSSR count). The van der Waals surface area contributed by atoms with E-state index in [0.717, 1.165) is 12.3 Å². The van der Waals surface area contributed by atoms with Crippen LogP contribution in [0.1, 0.15) is 38.5 Å². The standard InChI is InChI=1S/C14H21N3O3/c1-20-13-8-7-12(17(18)19)14(16-13)15-10-9-11-5-3-2-4-6-11/h7-8,11H,2-6,9-10H2,1H3,(H,15,16). The van der Waals surface area contributed by atoms with Crippen LogP contribution in [-0.2, 0) is 0 Å². The van der Waals surface area contributed by atoms with Gasteiger partial charge in [0.25, 0.3) is 0 Å². The molecule has 0 bridgehead atoms. The van der Waals surface area contributed by atoms with E-state index in [4.69, 9.17) is 4.74 Å². The van der Waals surface area contributed by atoms with E-state index in [1.54, 1.807) is 0 Å². The number of nitrogens with zero attached hydrogens (tertiary/aromatic N) is 2. The van der Waals surface area contributed by atoms with Crippen LogP contribution in [0.25, 0.3) is 0 Å². The van der Waals surface area contributed by atoms with Gasteiger partial charge in [-0.3, -0.25) is 10.1 Å². The zero-order chi connectivity index (χ0) is 14.4. The van der Waals surface area contributed by atoms with E-state index in [9.17, 15) is 10.1 Å².